The molecule has 0 radical (unpaired) electrons. The molecule has 0 spiro atoms. The fourth-order valence-electron chi connectivity index (χ4n) is 5.24. The Labute approximate surface area is 322 Å². The Morgan fingerprint density at radius 1 is 0.685 bits per heavy atom. The molecular formula is C41H64O12S. The van der Waals surface area contributed by atoms with Crippen LogP contribution in [0.3, 0.4) is 0 Å². The number of allylic oxidation sites excluding steroid dienone is 13. The number of carbonyl (C=O) groups is 2. The van der Waals surface area contributed by atoms with E-state index < -0.39 is 71.2 Å². The molecule has 1 saturated heterocycles. The predicted octanol–water partition coefficient (Wildman–Crippen LogP) is 6.55. The molecule has 4 N–H and O–H groups in total. The number of ether oxygens (including phenoxy) is 4. The molecule has 1 unspecified atom stereocenters. The maximum absolute atomic E-state index is 12.7. The molecule has 0 aromatic rings. The third-order valence-electron chi connectivity index (χ3n) is 8.24. The van der Waals surface area contributed by atoms with E-state index in [0.717, 1.165) is 70.6 Å². The van der Waals surface area contributed by atoms with Gasteiger partial charge in [0, 0.05) is 12.8 Å². The van der Waals surface area contributed by atoms with Crippen molar-refractivity contribution >= 4 is 22.1 Å². The number of aliphatic hydroxyl groups is 3. The van der Waals surface area contributed by atoms with Crippen molar-refractivity contribution in [3.8, 4) is 0 Å². The number of hydrogen-bond acceptors (Lipinski definition) is 11. The molecule has 0 aromatic carbocycles. The Morgan fingerprint density at radius 2 is 1.30 bits per heavy atom. The summed E-state index contributed by atoms with van der Waals surface area (Å²) in [6.07, 6.45) is 28.5. The number of unbranched alkanes of at least 4 members (excludes halogenated alkanes) is 9. The second-order valence-corrected chi connectivity index (χ2v) is 14.6. The van der Waals surface area contributed by atoms with E-state index in [1.807, 2.05) is 43.4 Å². The molecule has 13 heteroatoms. The van der Waals surface area contributed by atoms with Crippen LogP contribution in [0, 0.1) is 0 Å². The molecule has 0 bridgehead atoms. The molecule has 1 heterocycles. The van der Waals surface area contributed by atoms with E-state index in [2.05, 4.69) is 37.0 Å². The summed E-state index contributed by atoms with van der Waals surface area (Å²) in [5.74, 6) is -2.15. The number of hydrogen-bond donors (Lipinski definition) is 4. The molecule has 1 rings (SSSR count). The molecule has 0 aromatic heterocycles. The van der Waals surface area contributed by atoms with Crippen molar-refractivity contribution < 1.29 is 56.8 Å². The van der Waals surface area contributed by atoms with Crippen LogP contribution in [0.2, 0.25) is 0 Å². The van der Waals surface area contributed by atoms with Gasteiger partial charge in [0.1, 0.15) is 36.8 Å². The minimum absolute atomic E-state index is 0.00874. The molecule has 1 aliphatic heterocycles. The van der Waals surface area contributed by atoms with E-state index in [9.17, 15) is 37.9 Å². The fourth-order valence-corrected chi connectivity index (χ4v) is 5.93. The summed E-state index contributed by atoms with van der Waals surface area (Å²) in [5.41, 5.74) is 0. The number of rotatable bonds is 30. The van der Waals surface area contributed by atoms with Gasteiger partial charge in [-0.1, -0.05) is 105 Å². The normalized spacial score (nSPS) is 21.7. The zero-order valence-corrected chi connectivity index (χ0v) is 32.7. The molecular weight excluding hydrogens is 717 g/mol. The van der Waals surface area contributed by atoms with Gasteiger partial charge in [-0.25, -0.2) is 0 Å². The van der Waals surface area contributed by atoms with E-state index in [1.54, 1.807) is 12.2 Å². The van der Waals surface area contributed by atoms with Crippen molar-refractivity contribution in [3.05, 3.63) is 85.6 Å². The predicted molar refractivity (Wildman–Crippen MR) is 210 cm³/mol. The van der Waals surface area contributed by atoms with Gasteiger partial charge in [-0.2, -0.15) is 8.42 Å². The standard InChI is InChI=1S/C41H64O12S/c1-3-5-7-9-11-13-15-17-19-21-23-25-27-29-36(42)50-31-34(32-51-41-40(46)39(45)38(44)35(53-41)33-54(47,48)49)52-37(43)30-28-26-24-22-20-18-16-14-12-10-8-6-4-2/h3-5,11-14,16,18,20,22,24,26,34-35,38-41,44-46H,2,6-10,15,17,19,21,23,25,27-33H2,1H3,(H,47,48,49)/b5-3+,13-11-,14-12+,18-16-,22-20+,26-24+/t34-,35-,38-,39+,40-,41?/m1/s1. The zero-order valence-electron chi connectivity index (χ0n) is 31.9. The van der Waals surface area contributed by atoms with E-state index in [-0.39, 0.29) is 19.4 Å². The second-order valence-electron chi connectivity index (χ2n) is 13.1. The molecule has 0 saturated carbocycles. The van der Waals surface area contributed by atoms with Crippen LogP contribution in [0.4, 0.5) is 0 Å². The third-order valence-corrected chi connectivity index (χ3v) is 8.99. The largest absolute Gasteiger partial charge is 0.462 e. The SMILES string of the molecule is C=CCCC/C=C/C=C\C=C\C=C\CCC(=O)O[C@H](COC(=O)CCCCCCCC/C=C\CC/C=C/C)COC1O[C@H](CS(=O)(=O)O)[C@@H](O)[C@H](O)[C@H]1O. The maximum Gasteiger partial charge on any atom is 0.306 e. The van der Waals surface area contributed by atoms with E-state index in [0.29, 0.717) is 12.8 Å². The number of esters is 2. The molecule has 1 fully saturated rings. The fraction of sp³-hybridized carbons (Fsp3) is 0.610. The first-order chi connectivity index (χ1) is 26.0. The first kappa shape index (κ1) is 48.8. The Bertz CT molecular complexity index is 1320. The Hall–Kier alpha value is -3.17. The van der Waals surface area contributed by atoms with Gasteiger partial charge in [0.15, 0.2) is 12.4 Å². The van der Waals surface area contributed by atoms with Gasteiger partial charge < -0.3 is 34.3 Å². The van der Waals surface area contributed by atoms with Gasteiger partial charge in [0.25, 0.3) is 10.1 Å². The summed E-state index contributed by atoms with van der Waals surface area (Å²) in [6, 6.07) is 0. The van der Waals surface area contributed by atoms with Crippen LogP contribution in [0.1, 0.15) is 103 Å². The van der Waals surface area contributed by atoms with Crippen LogP contribution in [0.15, 0.2) is 85.6 Å². The van der Waals surface area contributed by atoms with Gasteiger partial charge >= 0.3 is 11.9 Å². The zero-order chi connectivity index (χ0) is 39.9. The van der Waals surface area contributed by atoms with E-state index >= 15 is 0 Å². The minimum Gasteiger partial charge on any atom is -0.462 e. The van der Waals surface area contributed by atoms with Crippen molar-refractivity contribution in [1.82, 2.24) is 0 Å². The van der Waals surface area contributed by atoms with Crippen molar-refractivity contribution in [3.63, 3.8) is 0 Å². The van der Waals surface area contributed by atoms with Gasteiger partial charge in [-0.3, -0.25) is 14.1 Å². The first-order valence-corrected chi connectivity index (χ1v) is 20.7. The van der Waals surface area contributed by atoms with Crippen molar-refractivity contribution in [2.45, 2.75) is 140 Å². The smallest absolute Gasteiger partial charge is 0.306 e. The van der Waals surface area contributed by atoms with Crippen molar-refractivity contribution in [1.29, 1.82) is 0 Å². The highest BCUT2D eigenvalue weighted by Crippen LogP contribution is 2.23. The summed E-state index contributed by atoms with van der Waals surface area (Å²) in [4.78, 5) is 25.2. The van der Waals surface area contributed by atoms with Crippen LogP contribution in [0.5, 0.6) is 0 Å². The molecule has 6 atom stereocenters. The van der Waals surface area contributed by atoms with E-state index in [4.69, 9.17) is 18.9 Å². The van der Waals surface area contributed by atoms with Gasteiger partial charge in [-0.05, 0) is 64.7 Å². The molecule has 1 aliphatic rings. The molecule has 54 heavy (non-hydrogen) atoms. The average Bonchev–Trinajstić information content (AvgIpc) is 3.13. The van der Waals surface area contributed by atoms with Crippen LogP contribution < -0.4 is 0 Å². The Kier molecular flexibility index (Phi) is 28.1. The lowest BCUT2D eigenvalue weighted by molar-refractivity contribution is -0.297. The third kappa shape index (κ3) is 25.8. The lowest BCUT2D eigenvalue weighted by atomic mass is 10.00. The van der Waals surface area contributed by atoms with Crippen LogP contribution in [-0.2, 0) is 38.7 Å². The average molecular weight is 781 g/mol. The summed E-state index contributed by atoms with van der Waals surface area (Å²) in [5, 5.41) is 30.7. The lowest BCUT2D eigenvalue weighted by Crippen LogP contribution is -2.60. The highest BCUT2D eigenvalue weighted by Gasteiger charge is 2.46. The van der Waals surface area contributed by atoms with Crippen LogP contribution in [-0.4, -0.2) is 96.0 Å². The maximum atomic E-state index is 12.7. The summed E-state index contributed by atoms with van der Waals surface area (Å²) < 4.78 is 53.7. The molecule has 0 amide bonds. The highest BCUT2D eigenvalue weighted by atomic mass is 32.2. The summed E-state index contributed by atoms with van der Waals surface area (Å²) in [7, 11) is -4.61. The minimum atomic E-state index is -4.61. The lowest BCUT2D eigenvalue weighted by Gasteiger charge is -2.40. The van der Waals surface area contributed by atoms with Crippen molar-refractivity contribution in [2.75, 3.05) is 19.0 Å². The molecule has 12 nitrogen and oxygen atoms in total. The number of aliphatic hydroxyl groups excluding tert-OH is 3. The summed E-state index contributed by atoms with van der Waals surface area (Å²) in [6.45, 7) is 4.91. The van der Waals surface area contributed by atoms with Crippen molar-refractivity contribution in [2.24, 2.45) is 0 Å². The first-order valence-electron chi connectivity index (χ1n) is 19.1. The van der Waals surface area contributed by atoms with Gasteiger partial charge in [0.2, 0.25) is 0 Å². The van der Waals surface area contributed by atoms with Crippen LogP contribution in [0.25, 0.3) is 0 Å². The molecule has 0 aliphatic carbocycles. The van der Waals surface area contributed by atoms with Gasteiger partial charge in [0.05, 0.1) is 6.61 Å². The molecule has 306 valence electrons. The van der Waals surface area contributed by atoms with E-state index in [1.165, 1.54) is 0 Å². The van der Waals surface area contributed by atoms with Gasteiger partial charge in [-0.15, -0.1) is 6.58 Å². The topological polar surface area (TPSA) is 186 Å². The Morgan fingerprint density at radius 3 is 1.98 bits per heavy atom. The number of carbonyl (C=O) groups excluding carboxylic acids is 2. The quantitative estimate of drug-likeness (QED) is 0.0203. The van der Waals surface area contributed by atoms with Crippen LogP contribution >= 0.6 is 0 Å². The summed E-state index contributed by atoms with van der Waals surface area (Å²) >= 11 is 0. The highest BCUT2D eigenvalue weighted by molar-refractivity contribution is 7.85. The monoisotopic (exact) mass is 780 g/mol. The second kappa shape index (κ2) is 31.1. The Balaban J connectivity index is 2.60.